The van der Waals surface area contributed by atoms with Crippen LogP contribution in [0.1, 0.15) is 5.56 Å². The third-order valence-electron chi connectivity index (χ3n) is 5.57. The van der Waals surface area contributed by atoms with Gasteiger partial charge in [0, 0.05) is 42.8 Å². The Morgan fingerprint density at radius 3 is 2.50 bits per heavy atom. The first kappa shape index (κ1) is 28.0. The number of amides is 1. The Balaban J connectivity index is 1.46. The van der Waals surface area contributed by atoms with E-state index < -0.39 is 31.6 Å². The van der Waals surface area contributed by atoms with E-state index in [1.165, 1.54) is 6.20 Å². The van der Waals surface area contributed by atoms with Gasteiger partial charge in [-0.05, 0) is 40.3 Å². The highest BCUT2D eigenvalue weighted by atomic mass is 127. The van der Waals surface area contributed by atoms with Gasteiger partial charge in [-0.1, -0.05) is 50.0 Å². The van der Waals surface area contributed by atoms with Gasteiger partial charge in [-0.25, -0.2) is 18.6 Å². The number of pyridine rings is 1. The first-order chi connectivity index (χ1) is 18.1. The van der Waals surface area contributed by atoms with E-state index in [0.717, 1.165) is 27.3 Å². The average molecular weight is 652 g/mol. The molecule has 4 rings (SSSR count). The van der Waals surface area contributed by atoms with Crippen LogP contribution in [0, 0.1) is 15.2 Å². The average Bonchev–Trinajstić information content (AvgIpc) is 3.19. The van der Waals surface area contributed by atoms with Crippen LogP contribution in [0.2, 0.25) is 25.7 Å². The lowest BCUT2D eigenvalue weighted by Crippen LogP contribution is -2.22. The van der Waals surface area contributed by atoms with Gasteiger partial charge in [0.25, 0.3) is 0 Å². The molecule has 200 valence electrons. The SMILES string of the molecule is C[Si](C)(C)CCOCn1cc(I)c2c(Oc3c(F)cc(NC(=O)OCc4ccccc4)cc3F)ccnc21. The molecule has 4 aromatic rings. The minimum absolute atomic E-state index is 0.0263. The number of anilines is 1. The number of carbonyl (C=O) groups excluding carboxylic acids is 1. The summed E-state index contributed by atoms with van der Waals surface area (Å²) >= 11 is 2.13. The zero-order valence-corrected chi connectivity index (χ0v) is 24.4. The van der Waals surface area contributed by atoms with Gasteiger partial charge in [-0.2, -0.15) is 0 Å². The van der Waals surface area contributed by atoms with E-state index in [1.807, 2.05) is 29.0 Å². The summed E-state index contributed by atoms with van der Waals surface area (Å²) in [6.07, 6.45) is 2.54. The lowest BCUT2D eigenvalue weighted by Gasteiger charge is -2.15. The van der Waals surface area contributed by atoms with Crippen molar-refractivity contribution < 1.29 is 27.8 Å². The molecule has 1 amide bonds. The highest BCUT2D eigenvalue weighted by molar-refractivity contribution is 14.1. The van der Waals surface area contributed by atoms with E-state index in [2.05, 4.69) is 52.5 Å². The van der Waals surface area contributed by atoms with Crippen molar-refractivity contribution in [1.29, 1.82) is 0 Å². The minimum Gasteiger partial charge on any atom is -0.450 e. The lowest BCUT2D eigenvalue weighted by atomic mass is 10.2. The number of nitrogens with one attached hydrogen (secondary N) is 1. The molecule has 0 bridgehead atoms. The molecule has 0 spiro atoms. The van der Waals surface area contributed by atoms with E-state index in [-0.39, 0.29) is 18.0 Å². The molecule has 38 heavy (non-hydrogen) atoms. The zero-order chi connectivity index (χ0) is 27.3. The fourth-order valence-electron chi connectivity index (χ4n) is 3.58. The normalized spacial score (nSPS) is 11.5. The smallest absolute Gasteiger partial charge is 0.411 e. The van der Waals surface area contributed by atoms with E-state index in [0.29, 0.717) is 24.4 Å². The molecule has 0 aliphatic heterocycles. The minimum atomic E-state index is -1.21. The molecule has 0 unspecified atom stereocenters. The van der Waals surface area contributed by atoms with Crippen LogP contribution < -0.4 is 10.1 Å². The van der Waals surface area contributed by atoms with Gasteiger partial charge in [0.05, 0.1) is 11.1 Å². The van der Waals surface area contributed by atoms with Crippen molar-refractivity contribution in [3.8, 4) is 11.5 Å². The van der Waals surface area contributed by atoms with Crippen molar-refractivity contribution in [3.63, 3.8) is 0 Å². The van der Waals surface area contributed by atoms with Gasteiger partial charge in [0.15, 0.2) is 17.4 Å². The van der Waals surface area contributed by atoms with Crippen LogP contribution in [0.4, 0.5) is 19.3 Å². The Morgan fingerprint density at radius 2 is 1.82 bits per heavy atom. The summed E-state index contributed by atoms with van der Waals surface area (Å²) in [5.74, 6) is -2.29. The van der Waals surface area contributed by atoms with Crippen LogP contribution in [0.3, 0.4) is 0 Å². The largest absolute Gasteiger partial charge is 0.450 e. The van der Waals surface area contributed by atoms with Gasteiger partial charge in [-0.3, -0.25) is 5.32 Å². The van der Waals surface area contributed by atoms with Crippen LogP contribution in [-0.4, -0.2) is 30.3 Å². The van der Waals surface area contributed by atoms with Crippen molar-refractivity contribution in [2.75, 3.05) is 11.9 Å². The van der Waals surface area contributed by atoms with Crippen molar-refractivity contribution in [1.82, 2.24) is 9.55 Å². The Labute approximate surface area is 234 Å². The second-order valence-electron chi connectivity index (χ2n) is 9.86. The summed E-state index contributed by atoms with van der Waals surface area (Å²) in [6, 6.07) is 13.6. The number of fused-ring (bicyclic) bond motifs is 1. The standard InChI is InChI=1S/C27H28F2IN3O4Si/c1-38(2,3)12-11-35-17-33-15-22(30)24-23(9-10-31-26(24)33)37-25-20(28)13-19(14-21(25)29)32-27(34)36-16-18-7-5-4-6-8-18/h4-10,13-15H,11-12,16-17H2,1-3H3,(H,32,34). The van der Waals surface area contributed by atoms with Crippen molar-refractivity contribution in [3.05, 3.63) is 81.7 Å². The molecule has 0 aliphatic rings. The molecule has 0 atom stereocenters. The second-order valence-corrected chi connectivity index (χ2v) is 16.6. The molecule has 0 saturated heterocycles. The maximum Gasteiger partial charge on any atom is 0.411 e. The van der Waals surface area contributed by atoms with Gasteiger partial charge < -0.3 is 18.8 Å². The lowest BCUT2D eigenvalue weighted by molar-refractivity contribution is 0.0898. The van der Waals surface area contributed by atoms with E-state index in [1.54, 1.807) is 18.2 Å². The van der Waals surface area contributed by atoms with Crippen molar-refractivity contribution in [2.45, 2.75) is 39.0 Å². The molecule has 0 fully saturated rings. The Hall–Kier alpha value is -3.03. The summed E-state index contributed by atoms with van der Waals surface area (Å²) in [5.41, 5.74) is 1.27. The molecular weight excluding hydrogens is 623 g/mol. The predicted octanol–water partition coefficient (Wildman–Crippen LogP) is 7.77. The van der Waals surface area contributed by atoms with Crippen LogP contribution in [0.5, 0.6) is 11.5 Å². The zero-order valence-electron chi connectivity index (χ0n) is 21.3. The maximum absolute atomic E-state index is 14.9. The van der Waals surface area contributed by atoms with Crippen LogP contribution in [-0.2, 0) is 22.8 Å². The topological polar surface area (TPSA) is 74.6 Å². The quantitative estimate of drug-likeness (QED) is 0.108. The van der Waals surface area contributed by atoms with Crippen LogP contribution in [0.25, 0.3) is 11.0 Å². The summed E-state index contributed by atoms with van der Waals surface area (Å²) in [4.78, 5) is 16.5. The second kappa shape index (κ2) is 12.2. The monoisotopic (exact) mass is 651 g/mol. The summed E-state index contributed by atoms with van der Waals surface area (Å²) < 4.78 is 49.1. The van der Waals surface area contributed by atoms with Gasteiger partial charge in [0.1, 0.15) is 24.7 Å². The van der Waals surface area contributed by atoms with Crippen LogP contribution >= 0.6 is 22.6 Å². The molecule has 1 N–H and O–H groups in total. The molecule has 0 aliphatic carbocycles. The number of benzene rings is 2. The summed E-state index contributed by atoms with van der Waals surface area (Å²) in [6.45, 7) is 7.84. The number of hydrogen-bond acceptors (Lipinski definition) is 5. The van der Waals surface area contributed by atoms with E-state index in [9.17, 15) is 13.6 Å². The number of ether oxygens (including phenoxy) is 3. The molecule has 2 aromatic carbocycles. The van der Waals surface area contributed by atoms with E-state index in [4.69, 9.17) is 14.2 Å². The number of halogens is 3. The van der Waals surface area contributed by atoms with Crippen molar-refractivity contribution in [2.24, 2.45) is 0 Å². The third-order valence-corrected chi connectivity index (χ3v) is 8.09. The maximum atomic E-state index is 14.9. The molecular formula is C27H28F2IN3O4Si. The van der Waals surface area contributed by atoms with Crippen molar-refractivity contribution >= 4 is 53.5 Å². The number of hydrogen-bond donors (Lipinski definition) is 1. The fraction of sp³-hybridized carbons (Fsp3) is 0.259. The molecule has 0 saturated carbocycles. The Kier molecular flexibility index (Phi) is 9.00. The number of nitrogens with zero attached hydrogens (tertiary/aromatic N) is 2. The third kappa shape index (κ3) is 7.29. The molecule has 7 nitrogen and oxygen atoms in total. The van der Waals surface area contributed by atoms with Gasteiger partial charge >= 0.3 is 6.09 Å². The first-order valence-electron chi connectivity index (χ1n) is 12.0. The summed E-state index contributed by atoms with van der Waals surface area (Å²) in [5, 5.41) is 2.96. The summed E-state index contributed by atoms with van der Waals surface area (Å²) in [7, 11) is -1.21. The number of aromatic nitrogens is 2. The molecule has 2 aromatic heterocycles. The van der Waals surface area contributed by atoms with E-state index >= 15 is 0 Å². The first-order valence-corrected chi connectivity index (χ1v) is 16.7. The van der Waals surface area contributed by atoms with Crippen LogP contribution in [0.15, 0.2) is 60.9 Å². The molecule has 11 heteroatoms. The Bertz CT molecular complexity index is 1400. The number of carbonyl (C=O) groups is 1. The highest BCUT2D eigenvalue weighted by Crippen LogP contribution is 2.36. The molecule has 2 heterocycles. The van der Waals surface area contributed by atoms with Gasteiger partial charge in [-0.15, -0.1) is 0 Å². The highest BCUT2D eigenvalue weighted by Gasteiger charge is 2.20. The predicted molar refractivity (Wildman–Crippen MR) is 153 cm³/mol. The Morgan fingerprint density at radius 1 is 1.11 bits per heavy atom. The number of rotatable bonds is 10. The van der Waals surface area contributed by atoms with Gasteiger partial charge in [0.2, 0.25) is 0 Å². The fourth-order valence-corrected chi connectivity index (χ4v) is 5.18. The molecule has 0 radical (unpaired) electrons.